The van der Waals surface area contributed by atoms with Gasteiger partial charge in [-0.2, -0.15) is 0 Å². The highest BCUT2D eigenvalue weighted by atomic mass is 35.5. The summed E-state index contributed by atoms with van der Waals surface area (Å²) in [4.78, 5) is 16.2. The van der Waals surface area contributed by atoms with Crippen molar-refractivity contribution in [2.45, 2.75) is 26.8 Å². The van der Waals surface area contributed by atoms with Crippen LogP contribution in [0.5, 0.6) is 5.75 Å². The van der Waals surface area contributed by atoms with E-state index in [-0.39, 0.29) is 5.91 Å². The highest BCUT2D eigenvalue weighted by Crippen LogP contribution is 2.26. The molecule has 0 bridgehead atoms. The Bertz CT molecular complexity index is 664. The number of hydrogen-bond acceptors (Lipinski definition) is 3. The zero-order valence-electron chi connectivity index (χ0n) is 12.5. The summed E-state index contributed by atoms with van der Waals surface area (Å²) < 4.78 is 7.27. The average Bonchev–Trinajstić information content (AvgIpc) is 2.76. The minimum atomic E-state index is -0.669. The Morgan fingerprint density at radius 2 is 2.19 bits per heavy atom. The van der Waals surface area contributed by atoms with Gasteiger partial charge in [0.15, 0.2) is 0 Å². The maximum absolute atomic E-state index is 11.6. The summed E-state index contributed by atoms with van der Waals surface area (Å²) in [6.07, 6.45) is 0.632. The molecule has 1 aromatic heterocycles. The van der Waals surface area contributed by atoms with Gasteiger partial charge in [-0.15, -0.1) is 11.6 Å². The van der Waals surface area contributed by atoms with Crippen LogP contribution in [0.4, 0.5) is 0 Å². The van der Waals surface area contributed by atoms with Gasteiger partial charge in [-0.05, 0) is 26.0 Å². The van der Waals surface area contributed by atoms with Crippen LogP contribution in [0, 0.1) is 5.41 Å². The first kappa shape index (κ1) is 15.6. The molecule has 1 aromatic carbocycles. The molecular formula is C15H20ClN3O2. The first-order valence-corrected chi connectivity index (χ1v) is 7.31. The average molecular weight is 310 g/mol. The summed E-state index contributed by atoms with van der Waals surface area (Å²) >= 11 is 5.86. The van der Waals surface area contributed by atoms with Gasteiger partial charge in [-0.3, -0.25) is 4.79 Å². The standard InChI is InChI=1S/C15H20ClN3O2/c1-15(2,14(17)20)9-19-12-8-10(21-3)4-5-11(12)18-13(19)6-7-16/h4-5,8H,6-7,9H2,1-3H3,(H2,17,20). The molecule has 21 heavy (non-hydrogen) atoms. The number of nitrogens with two attached hydrogens (primary N) is 1. The van der Waals surface area contributed by atoms with Gasteiger partial charge in [0.05, 0.1) is 23.6 Å². The van der Waals surface area contributed by atoms with E-state index < -0.39 is 5.41 Å². The van der Waals surface area contributed by atoms with Gasteiger partial charge in [0, 0.05) is 24.9 Å². The first-order valence-electron chi connectivity index (χ1n) is 6.78. The Balaban J connectivity index is 2.56. The number of methoxy groups -OCH3 is 1. The van der Waals surface area contributed by atoms with Gasteiger partial charge >= 0.3 is 0 Å². The van der Waals surface area contributed by atoms with Gasteiger partial charge in [-0.25, -0.2) is 4.98 Å². The van der Waals surface area contributed by atoms with E-state index in [0.717, 1.165) is 22.6 Å². The molecule has 0 spiro atoms. The number of primary amides is 1. The minimum absolute atomic E-state index is 0.343. The van der Waals surface area contributed by atoms with E-state index in [4.69, 9.17) is 22.1 Å². The van der Waals surface area contributed by atoms with E-state index in [1.165, 1.54) is 0 Å². The SMILES string of the molecule is COc1ccc2nc(CCCl)n(CC(C)(C)C(N)=O)c2c1. The summed E-state index contributed by atoms with van der Waals surface area (Å²) in [6.45, 7) is 4.11. The zero-order chi connectivity index (χ0) is 15.6. The Hall–Kier alpha value is -1.75. The first-order chi connectivity index (χ1) is 9.89. The van der Waals surface area contributed by atoms with Crippen LogP contribution in [0.25, 0.3) is 11.0 Å². The molecule has 0 unspecified atom stereocenters. The van der Waals surface area contributed by atoms with E-state index in [2.05, 4.69) is 4.98 Å². The van der Waals surface area contributed by atoms with Crippen LogP contribution in [0.2, 0.25) is 0 Å². The molecule has 2 N–H and O–H groups in total. The van der Waals surface area contributed by atoms with Crippen LogP contribution in [0.1, 0.15) is 19.7 Å². The van der Waals surface area contributed by atoms with Crippen LogP contribution in [-0.4, -0.2) is 28.4 Å². The van der Waals surface area contributed by atoms with Crippen molar-refractivity contribution in [3.05, 3.63) is 24.0 Å². The number of carbonyl (C=O) groups excluding carboxylic acids is 1. The molecule has 0 atom stereocenters. The number of hydrogen-bond donors (Lipinski definition) is 1. The van der Waals surface area contributed by atoms with Crippen LogP contribution in [-0.2, 0) is 17.8 Å². The van der Waals surface area contributed by atoms with Gasteiger partial charge < -0.3 is 15.0 Å². The summed E-state index contributed by atoms with van der Waals surface area (Å²) in [5.74, 6) is 1.72. The van der Waals surface area contributed by atoms with Crippen molar-refractivity contribution in [2.75, 3.05) is 13.0 Å². The lowest BCUT2D eigenvalue weighted by atomic mass is 9.92. The van der Waals surface area contributed by atoms with Crippen LogP contribution < -0.4 is 10.5 Å². The molecule has 2 aromatic rings. The van der Waals surface area contributed by atoms with Gasteiger partial charge in [0.25, 0.3) is 0 Å². The number of amides is 1. The highest BCUT2D eigenvalue weighted by molar-refractivity contribution is 6.17. The topological polar surface area (TPSA) is 70.1 Å². The number of aromatic nitrogens is 2. The van der Waals surface area contributed by atoms with Crippen molar-refractivity contribution in [1.82, 2.24) is 9.55 Å². The van der Waals surface area contributed by atoms with E-state index >= 15 is 0 Å². The molecule has 1 heterocycles. The van der Waals surface area contributed by atoms with E-state index in [1.807, 2.05) is 36.6 Å². The third-order valence-corrected chi connectivity index (χ3v) is 3.76. The predicted molar refractivity (Wildman–Crippen MR) is 83.7 cm³/mol. The quantitative estimate of drug-likeness (QED) is 0.833. The lowest BCUT2D eigenvalue weighted by molar-refractivity contribution is -0.126. The number of imidazole rings is 1. The van der Waals surface area contributed by atoms with Gasteiger partial charge in [-0.1, -0.05) is 0 Å². The molecule has 0 saturated heterocycles. The number of benzene rings is 1. The smallest absolute Gasteiger partial charge is 0.224 e. The zero-order valence-corrected chi connectivity index (χ0v) is 13.3. The largest absolute Gasteiger partial charge is 0.497 e. The molecule has 2 rings (SSSR count). The summed E-state index contributed by atoms with van der Waals surface area (Å²) in [6, 6.07) is 5.68. The number of aryl methyl sites for hydroxylation is 1. The fourth-order valence-corrected chi connectivity index (χ4v) is 2.37. The number of carbonyl (C=O) groups is 1. The highest BCUT2D eigenvalue weighted by Gasteiger charge is 2.27. The summed E-state index contributed by atoms with van der Waals surface area (Å²) in [7, 11) is 1.62. The molecule has 5 nitrogen and oxygen atoms in total. The second kappa shape index (κ2) is 5.93. The Morgan fingerprint density at radius 1 is 1.48 bits per heavy atom. The molecule has 0 fully saturated rings. The number of ether oxygens (including phenoxy) is 1. The van der Waals surface area contributed by atoms with Crippen LogP contribution in [0.3, 0.4) is 0 Å². The molecule has 114 valence electrons. The third-order valence-electron chi connectivity index (χ3n) is 3.57. The molecule has 0 aliphatic rings. The molecule has 0 radical (unpaired) electrons. The Labute approximate surface area is 129 Å². The van der Waals surface area contributed by atoms with Crippen LogP contribution >= 0.6 is 11.6 Å². The predicted octanol–water partition coefficient (Wildman–Crippen LogP) is 2.34. The van der Waals surface area contributed by atoms with Crippen LogP contribution in [0.15, 0.2) is 18.2 Å². The van der Waals surface area contributed by atoms with E-state index in [0.29, 0.717) is 18.8 Å². The monoisotopic (exact) mass is 309 g/mol. The lowest BCUT2D eigenvalue weighted by Crippen LogP contribution is -2.35. The second-order valence-corrected chi connectivity index (χ2v) is 6.03. The summed E-state index contributed by atoms with van der Waals surface area (Å²) in [5.41, 5.74) is 6.60. The fourth-order valence-electron chi connectivity index (χ4n) is 2.20. The molecule has 0 saturated carbocycles. The molecule has 1 amide bonds. The lowest BCUT2D eigenvalue weighted by Gasteiger charge is -2.22. The third kappa shape index (κ3) is 3.13. The number of rotatable bonds is 6. The van der Waals surface area contributed by atoms with Crippen molar-refractivity contribution in [1.29, 1.82) is 0 Å². The molecule has 6 heteroatoms. The maximum atomic E-state index is 11.6. The number of alkyl halides is 1. The minimum Gasteiger partial charge on any atom is -0.497 e. The second-order valence-electron chi connectivity index (χ2n) is 5.66. The molecule has 0 aliphatic heterocycles. The van der Waals surface area contributed by atoms with Crippen molar-refractivity contribution in [3.63, 3.8) is 0 Å². The van der Waals surface area contributed by atoms with Gasteiger partial charge in [0.1, 0.15) is 11.6 Å². The van der Waals surface area contributed by atoms with Crippen molar-refractivity contribution >= 4 is 28.5 Å². The van der Waals surface area contributed by atoms with Crippen molar-refractivity contribution < 1.29 is 9.53 Å². The Morgan fingerprint density at radius 3 is 2.76 bits per heavy atom. The van der Waals surface area contributed by atoms with Crippen molar-refractivity contribution in [3.8, 4) is 5.75 Å². The fraction of sp³-hybridized carbons (Fsp3) is 0.467. The molecule has 0 aliphatic carbocycles. The Kier molecular flexibility index (Phi) is 4.42. The number of fused-ring (bicyclic) bond motifs is 1. The van der Waals surface area contributed by atoms with E-state index in [9.17, 15) is 4.79 Å². The molecular weight excluding hydrogens is 290 g/mol. The summed E-state index contributed by atoms with van der Waals surface area (Å²) in [5, 5.41) is 0. The number of halogens is 1. The van der Waals surface area contributed by atoms with E-state index in [1.54, 1.807) is 7.11 Å². The maximum Gasteiger partial charge on any atom is 0.224 e. The normalized spacial score (nSPS) is 11.8. The van der Waals surface area contributed by atoms with Crippen molar-refractivity contribution in [2.24, 2.45) is 11.1 Å². The number of nitrogens with zero attached hydrogens (tertiary/aromatic N) is 2. The van der Waals surface area contributed by atoms with Gasteiger partial charge in [0.2, 0.25) is 5.91 Å².